The Hall–Kier alpha value is -1.95. The number of carbonyl (C=O) groups excluding carboxylic acids is 2. The molecule has 20 heavy (non-hydrogen) atoms. The highest BCUT2D eigenvalue weighted by Crippen LogP contribution is 2.14. The van der Waals surface area contributed by atoms with Gasteiger partial charge in [-0.1, -0.05) is 6.92 Å². The molecule has 0 saturated carbocycles. The van der Waals surface area contributed by atoms with Gasteiger partial charge in [0.05, 0.1) is 5.56 Å². The van der Waals surface area contributed by atoms with Crippen LogP contribution in [0, 0.1) is 5.82 Å². The zero-order valence-electron chi connectivity index (χ0n) is 11.9. The van der Waals surface area contributed by atoms with Crippen molar-refractivity contribution in [3.05, 3.63) is 29.6 Å². The number of carbonyl (C=O) groups is 2. The lowest BCUT2D eigenvalue weighted by atomic mass is 10.1. The first kappa shape index (κ1) is 16.1. The minimum absolute atomic E-state index is 0.0834. The summed E-state index contributed by atoms with van der Waals surface area (Å²) in [6.45, 7) is 6.43. The summed E-state index contributed by atoms with van der Waals surface area (Å²) in [6, 6.07) is 4.00. The molecule has 110 valence electrons. The van der Waals surface area contributed by atoms with Gasteiger partial charge in [0.15, 0.2) is 0 Å². The van der Waals surface area contributed by atoms with Gasteiger partial charge in [0.1, 0.15) is 5.82 Å². The van der Waals surface area contributed by atoms with E-state index in [0.29, 0.717) is 12.2 Å². The van der Waals surface area contributed by atoms with Crippen LogP contribution in [0.1, 0.15) is 31.1 Å². The molecule has 0 aromatic heterocycles. The third-order valence-electron chi connectivity index (χ3n) is 2.65. The number of likely N-dealkylation sites (N-methyl/N-ethyl adjacent to an activating group) is 1. The number of hydrogen-bond donors (Lipinski definition) is 3. The van der Waals surface area contributed by atoms with Crippen LogP contribution in [0.5, 0.6) is 0 Å². The summed E-state index contributed by atoms with van der Waals surface area (Å²) in [5.74, 6) is -1.39. The first-order valence-electron chi connectivity index (χ1n) is 6.52. The molecule has 1 atom stereocenters. The van der Waals surface area contributed by atoms with E-state index in [1.54, 1.807) is 0 Å². The molecule has 3 N–H and O–H groups in total. The van der Waals surface area contributed by atoms with E-state index in [9.17, 15) is 14.0 Å². The molecular weight excluding hydrogens is 261 g/mol. The molecule has 0 aliphatic rings. The number of rotatable bonds is 6. The standard InChI is InChI=1S/C14H20FN3O2/c1-4-16-9(2)8-17-14(20)12-7-11(18-10(3)19)5-6-13(12)15/h5-7,9,16H,4,8H2,1-3H3,(H,17,20)(H,18,19)/t9-/m1/s1. The van der Waals surface area contributed by atoms with Crippen LogP contribution in [0.4, 0.5) is 10.1 Å². The quantitative estimate of drug-likeness (QED) is 0.740. The summed E-state index contributed by atoms with van der Waals surface area (Å²) in [7, 11) is 0. The molecule has 0 radical (unpaired) electrons. The fourth-order valence-electron chi connectivity index (χ4n) is 1.74. The number of halogens is 1. The van der Waals surface area contributed by atoms with E-state index in [1.165, 1.54) is 19.1 Å². The van der Waals surface area contributed by atoms with Gasteiger partial charge in [-0.15, -0.1) is 0 Å². The van der Waals surface area contributed by atoms with E-state index in [-0.39, 0.29) is 17.5 Å². The van der Waals surface area contributed by atoms with Crippen molar-refractivity contribution >= 4 is 17.5 Å². The lowest BCUT2D eigenvalue weighted by Gasteiger charge is -2.14. The summed E-state index contributed by atoms with van der Waals surface area (Å²) < 4.78 is 13.6. The highest BCUT2D eigenvalue weighted by molar-refractivity contribution is 5.97. The van der Waals surface area contributed by atoms with E-state index >= 15 is 0 Å². The van der Waals surface area contributed by atoms with E-state index in [4.69, 9.17) is 0 Å². The van der Waals surface area contributed by atoms with Crippen molar-refractivity contribution in [3.63, 3.8) is 0 Å². The summed E-state index contributed by atoms with van der Waals surface area (Å²) in [5, 5.41) is 8.30. The number of benzene rings is 1. The van der Waals surface area contributed by atoms with E-state index in [1.807, 2.05) is 13.8 Å². The Labute approximate surface area is 117 Å². The maximum absolute atomic E-state index is 13.6. The maximum atomic E-state index is 13.6. The molecular formula is C14H20FN3O2. The van der Waals surface area contributed by atoms with Crippen LogP contribution in [0.2, 0.25) is 0 Å². The third-order valence-corrected chi connectivity index (χ3v) is 2.65. The summed E-state index contributed by atoms with van der Waals surface area (Å²) in [5.41, 5.74) is 0.309. The zero-order chi connectivity index (χ0) is 15.1. The Morgan fingerprint density at radius 1 is 1.35 bits per heavy atom. The number of hydrogen-bond acceptors (Lipinski definition) is 3. The Bertz CT molecular complexity index is 491. The van der Waals surface area contributed by atoms with Gasteiger partial charge in [-0.05, 0) is 31.7 Å². The molecule has 0 bridgehead atoms. The summed E-state index contributed by atoms with van der Waals surface area (Å²) in [4.78, 5) is 22.9. The molecule has 0 aliphatic heterocycles. The van der Waals surface area contributed by atoms with E-state index in [2.05, 4.69) is 16.0 Å². The number of nitrogens with one attached hydrogen (secondary N) is 3. The highest BCUT2D eigenvalue weighted by atomic mass is 19.1. The van der Waals surface area contributed by atoms with Gasteiger partial charge in [0.25, 0.3) is 5.91 Å². The minimum Gasteiger partial charge on any atom is -0.350 e. The maximum Gasteiger partial charge on any atom is 0.254 e. The molecule has 0 fully saturated rings. The molecule has 0 unspecified atom stereocenters. The molecule has 2 amide bonds. The smallest absolute Gasteiger partial charge is 0.254 e. The van der Waals surface area contributed by atoms with Crippen molar-refractivity contribution in [1.82, 2.24) is 10.6 Å². The van der Waals surface area contributed by atoms with Crippen LogP contribution in [0.15, 0.2) is 18.2 Å². The third kappa shape index (κ3) is 4.97. The summed E-state index contributed by atoms with van der Waals surface area (Å²) >= 11 is 0. The van der Waals surface area contributed by atoms with Crippen molar-refractivity contribution in [2.24, 2.45) is 0 Å². The van der Waals surface area contributed by atoms with Crippen molar-refractivity contribution in [1.29, 1.82) is 0 Å². The molecule has 1 aromatic carbocycles. The van der Waals surface area contributed by atoms with Gasteiger partial charge >= 0.3 is 0 Å². The van der Waals surface area contributed by atoms with E-state index < -0.39 is 11.7 Å². The van der Waals surface area contributed by atoms with Crippen LogP contribution >= 0.6 is 0 Å². The van der Waals surface area contributed by atoms with Gasteiger partial charge in [0.2, 0.25) is 5.91 Å². The Balaban J connectivity index is 2.73. The van der Waals surface area contributed by atoms with Gasteiger partial charge in [0, 0.05) is 25.2 Å². The van der Waals surface area contributed by atoms with Crippen LogP contribution in [0.3, 0.4) is 0 Å². The largest absolute Gasteiger partial charge is 0.350 e. The van der Waals surface area contributed by atoms with Crippen molar-refractivity contribution in [3.8, 4) is 0 Å². The van der Waals surface area contributed by atoms with E-state index in [0.717, 1.165) is 12.6 Å². The van der Waals surface area contributed by atoms with Crippen molar-refractivity contribution in [2.75, 3.05) is 18.4 Å². The predicted molar refractivity (Wildman–Crippen MR) is 76.2 cm³/mol. The minimum atomic E-state index is -0.618. The van der Waals surface area contributed by atoms with Crippen LogP contribution < -0.4 is 16.0 Å². The van der Waals surface area contributed by atoms with Crippen LogP contribution in [-0.4, -0.2) is 30.9 Å². The van der Waals surface area contributed by atoms with Crippen LogP contribution in [-0.2, 0) is 4.79 Å². The van der Waals surface area contributed by atoms with Gasteiger partial charge in [-0.2, -0.15) is 0 Å². The predicted octanol–water partition coefficient (Wildman–Crippen LogP) is 1.51. The monoisotopic (exact) mass is 281 g/mol. The molecule has 0 saturated heterocycles. The summed E-state index contributed by atoms with van der Waals surface area (Å²) in [6.07, 6.45) is 0. The lowest BCUT2D eigenvalue weighted by molar-refractivity contribution is -0.114. The molecule has 0 aliphatic carbocycles. The molecule has 0 spiro atoms. The number of anilines is 1. The first-order valence-corrected chi connectivity index (χ1v) is 6.52. The molecule has 0 heterocycles. The van der Waals surface area contributed by atoms with Crippen molar-refractivity contribution < 1.29 is 14.0 Å². The lowest BCUT2D eigenvalue weighted by Crippen LogP contribution is -2.39. The average molecular weight is 281 g/mol. The Morgan fingerprint density at radius 2 is 2.05 bits per heavy atom. The second kappa shape index (κ2) is 7.59. The molecule has 1 aromatic rings. The van der Waals surface area contributed by atoms with Gasteiger partial charge < -0.3 is 16.0 Å². The SMILES string of the molecule is CCN[C@H](C)CNC(=O)c1cc(NC(C)=O)ccc1F. The van der Waals surface area contributed by atoms with Crippen molar-refractivity contribution in [2.45, 2.75) is 26.8 Å². The van der Waals surface area contributed by atoms with Gasteiger partial charge in [-0.3, -0.25) is 9.59 Å². The Morgan fingerprint density at radius 3 is 2.65 bits per heavy atom. The fraction of sp³-hybridized carbons (Fsp3) is 0.429. The molecule has 1 rings (SSSR count). The normalized spacial score (nSPS) is 11.8. The molecule has 5 nitrogen and oxygen atoms in total. The average Bonchev–Trinajstić information content (AvgIpc) is 2.38. The number of amides is 2. The zero-order valence-corrected chi connectivity index (χ0v) is 11.9. The second-order valence-electron chi connectivity index (χ2n) is 4.54. The first-order chi connectivity index (χ1) is 9.43. The second-order valence-corrected chi connectivity index (χ2v) is 4.54. The van der Waals surface area contributed by atoms with Gasteiger partial charge in [-0.25, -0.2) is 4.39 Å². The topological polar surface area (TPSA) is 70.2 Å². The Kier molecular flexibility index (Phi) is 6.11. The van der Waals surface area contributed by atoms with Crippen LogP contribution in [0.25, 0.3) is 0 Å². The highest BCUT2D eigenvalue weighted by Gasteiger charge is 2.13. The fourth-order valence-corrected chi connectivity index (χ4v) is 1.74. The molecule has 6 heteroatoms.